The number of hydrogen-bond acceptors (Lipinski definition) is 2. The standard InChI is InChI=1S/C30H38N2/c1-25(28-14-8-4-9-15-28)24-32(26(2)29-16-10-5-11-17-29)30-19-22-31(23-20-30)21-18-27-12-6-3-7-13-27/h3-17,25-26,30H,18-24H2,1-2H3. The van der Waals surface area contributed by atoms with E-state index in [1.165, 1.54) is 49.2 Å². The van der Waals surface area contributed by atoms with Crippen molar-refractivity contribution in [1.29, 1.82) is 0 Å². The molecular formula is C30H38N2. The Morgan fingerprint density at radius 3 is 1.88 bits per heavy atom. The van der Waals surface area contributed by atoms with Crippen molar-refractivity contribution < 1.29 is 0 Å². The molecule has 2 unspecified atom stereocenters. The summed E-state index contributed by atoms with van der Waals surface area (Å²) in [7, 11) is 0. The molecule has 32 heavy (non-hydrogen) atoms. The van der Waals surface area contributed by atoms with Crippen LogP contribution in [0, 0.1) is 0 Å². The molecule has 1 saturated heterocycles. The Labute approximate surface area is 194 Å². The van der Waals surface area contributed by atoms with Gasteiger partial charge in [0.25, 0.3) is 0 Å². The summed E-state index contributed by atoms with van der Waals surface area (Å²) < 4.78 is 0. The van der Waals surface area contributed by atoms with Gasteiger partial charge in [-0.2, -0.15) is 0 Å². The minimum absolute atomic E-state index is 0.434. The molecule has 3 aromatic rings. The zero-order valence-electron chi connectivity index (χ0n) is 19.7. The second-order valence-corrected chi connectivity index (χ2v) is 9.40. The number of hydrogen-bond donors (Lipinski definition) is 0. The van der Waals surface area contributed by atoms with E-state index >= 15 is 0 Å². The van der Waals surface area contributed by atoms with E-state index in [9.17, 15) is 0 Å². The lowest BCUT2D eigenvalue weighted by atomic mass is 9.94. The predicted molar refractivity (Wildman–Crippen MR) is 136 cm³/mol. The monoisotopic (exact) mass is 426 g/mol. The molecule has 0 amide bonds. The summed E-state index contributed by atoms with van der Waals surface area (Å²) in [4.78, 5) is 5.46. The van der Waals surface area contributed by atoms with E-state index in [4.69, 9.17) is 0 Å². The van der Waals surface area contributed by atoms with E-state index in [0.717, 1.165) is 13.0 Å². The third-order valence-electron chi connectivity index (χ3n) is 7.22. The quantitative estimate of drug-likeness (QED) is 0.382. The third kappa shape index (κ3) is 6.09. The Kier molecular flexibility index (Phi) is 8.14. The maximum Gasteiger partial charge on any atom is 0.0323 e. The molecule has 168 valence electrons. The van der Waals surface area contributed by atoms with Crippen LogP contribution in [0.25, 0.3) is 0 Å². The van der Waals surface area contributed by atoms with Crippen molar-refractivity contribution in [1.82, 2.24) is 9.80 Å². The first-order valence-corrected chi connectivity index (χ1v) is 12.3. The molecule has 1 aliphatic rings. The molecule has 2 atom stereocenters. The fourth-order valence-electron chi connectivity index (χ4n) is 5.16. The number of likely N-dealkylation sites (tertiary alicyclic amines) is 1. The fraction of sp³-hybridized carbons (Fsp3) is 0.400. The van der Waals surface area contributed by atoms with Crippen molar-refractivity contribution in [3.8, 4) is 0 Å². The zero-order valence-corrected chi connectivity index (χ0v) is 19.7. The van der Waals surface area contributed by atoms with Crippen LogP contribution in [0.1, 0.15) is 55.3 Å². The van der Waals surface area contributed by atoms with Crippen LogP contribution in [0.5, 0.6) is 0 Å². The van der Waals surface area contributed by atoms with Crippen LogP contribution in [0.15, 0.2) is 91.0 Å². The Morgan fingerprint density at radius 1 is 0.750 bits per heavy atom. The maximum absolute atomic E-state index is 2.79. The van der Waals surface area contributed by atoms with Crippen LogP contribution in [0.4, 0.5) is 0 Å². The summed E-state index contributed by atoms with van der Waals surface area (Å²) in [5.74, 6) is 0.526. The highest BCUT2D eigenvalue weighted by molar-refractivity contribution is 5.21. The van der Waals surface area contributed by atoms with Gasteiger partial charge in [0.15, 0.2) is 0 Å². The van der Waals surface area contributed by atoms with Gasteiger partial charge < -0.3 is 4.90 Å². The first kappa shape index (κ1) is 22.8. The molecule has 0 bridgehead atoms. The molecule has 0 saturated carbocycles. The molecule has 1 heterocycles. The van der Waals surface area contributed by atoms with Gasteiger partial charge in [-0.05, 0) is 61.9 Å². The summed E-state index contributed by atoms with van der Waals surface area (Å²) in [6.07, 6.45) is 3.67. The van der Waals surface area contributed by atoms with Crippen LogP contribution >= 0.6 is 0 Å². The zero-order chi connectivity index (χ0) is 22.2. The van der Waals surface area contributed by atoms with Crippen molar-refractivity contribution in [2.24, 2.45) is 0 Å². The third-order valence-corrected chi connectivity index (χ3v) is 7.22. The predicted octanol–water partition coefficient (Wildman–Crippen LogP) is 6.56. The van der Waals surface area contributed by atoms with Gasteiger partial charge >= 0.3 is 0 Å². The lowest BCUT2D eigenvalue weighted by molar-refractivity contribution is 0.0745. The van der Waals surface area contributed by atoms with Gasteiger partial charge in [0, 0.05) is 25.2 Å². The molecule has 2 nitrogen and oxygen atoms in total. The van der Waals surface area contributed by atoms with Gasteiger partial charge in [-0.1, -0.05) is 97.9 Å². The van der Waals surface area contributed by atoms with E-state index in [0.29, 0.717) is 18.0 Å². The van der Waals surface area contributed by atoms with E-state index < -0.39 is 0 Å². The van der Waals surface area contributed by atoms with Crippen LogP contribution in [0.2, 0.25) is 0 Å². The average Bonchev–Trinajstić information content (AvgIpc) is 2.87. The van der Waals surface area contributed by atoms with Crippen molar-refractivity contribution >= 4 is 0 Å². The fourth-order valence-corrected chi connectivity index (χ4v) is 5.16. The van der Waals surface area contributed by atoms with E-state index in [-0.39, 0.29) is 0 Å². The van der Waals surface area contributed by atoms with Crippen LogP contribution < -0.4 is 0 Å². The SMILES string of the molecule is CC(CN(C1CCN(CCc2ccccc2)CC1)C(C)c1ccccc1)c1ccccc1. The second kappa shape index (κ2) is 11.4. The smallest absolute Gasteiger partial charge is 0.0323 e. The van der Waals surface area contributed by atoms with Gasteiger partial charge in [0.1, 0.15) is 0 Å². The second-order valence-electron chi connectivity index (χ2n) is 9.40. The summed E-state index contributed by atoms with van der Waals surface area (Å²) in [6.45, 7) is 9.47. The summed E-state index contributed by atoms with van der Waals surface area (Å²) in [5, 5.41) is 0. The number of benzene rings is 3. The van der Waals surface area contributed by atoms with Crippen molar-refractivity contribution in [2.75, 3.05) is 26.2 Å². The number of rotatable bonds is 9. The molecule has 4 rings (SSSR count). The normalized spacial score (nSPS) is 17.3. The maximum atomic E-state index is 2.79. The first-order chi connectivity index (χ1) is 15.7. The number of piperidine rings is 1. The molecule has 0 aromatic heterocycles. The molecule has 0 spiro atoms. The van der Waals surface area contributed by atoms with Crippen molar-refractivity contribution in [2.45, 2.75) is 51.1 Å². The van der Waals surface area contributed by atoms with Crippen LogP contribution in [0.3, 0.4) is 0 Å². The molecule has 0 N–H and O–H groups in total. The molecule has 2 heteroatoms. The number of nitrogens with zero attached hydrogens (tertiary/aromatic N) is 2. The van der Waals surface area contributed by atoms with Gasteiger partial charge in [-0.3, -0.25) is 4.90 Å². The van der Waals surface area contributed by atoms with Gasteiger partial charge in [-0.25, -0.2) is 0 Å². The van der Waals surface area contributed by atoms with E-state index in [2.05, 4.69) is 115 Å². The molecule has 0 aliphatic carbocycles. The lowest BCUT2D eigenvalue weighted by Crippen LogP contribution is -2.47. The lowest BCUT2D eigenvalue weighted by Gasteiger charge is -2.43. The average molecular weight is 427 g/mol. The summed E-state index contributed by atoms with van der Waals surface area (Å²) >= 11 is 0. The summed E-state index contributed by atoms with van der Waals surface area (Å²) in [6, 6.07) is 34.1. The highest BCUT2D eigenvalue weighted by Gasteiger charge is 2.29. The Hall–Kier alpha value is -2.42. The molecular weight excluding hydrogens is 388 g/mol. The Balaban J connectivity index is 1.40. The largest absolute Gasteiger partial charge is 0.303 e. The Morgan fingerprint density at radius 2 is 1.28 bits per heavy atom. The van der Waals surface area contributed by atoms with E-state index in [1.807, 2.05) is 0 Å². The van der Waals surface area contributed by atoms with Crippen molar-refractivity contribution in [3.63, 3.8) is 0 Å². The van der Waals surface area contributed by atoms with Crippen LogP contribution in [-0.4, -0.2) is 42.0 Å². The van der Waals surface area contributed by atoms with Gasteiger partial charge in [-0.15, -0.1) is 0 Å². The Bertz CT molecular complexity index is 901. The summed E-state index contributed by atoms with van der Waals surface area (Å²) in [5.41, 5.74) is 4.32. The molecule has 3 aromatic carbocycles. The van der Waals surface area contributed by atoms with E-state index in [1.54, 1.807) is 0 Å². The minimum atomic E-state index is 0.434. The minimum Gasteiger partial charge on any atom is -0.303 e. The first-order valence-electron chi connectivity index (χ1n) is 12.3. The highest BCUT2D eigenvalue weighted by atomic mass is 15.2. The van der Waals surface area contributed by atoms with Crippen LogP contribution in [-0.2, 0) is 6.42 Å². The van der Waals surface area contributed by atoms with Gasteiger partial charge in [0.2, 0.25) is 0 Å². The molecule has 1 aliphatic heterocycles. The molecule has 1 fully saturated rings. The van der Waals surface area contributed by atoms with Crippen molar-refractivity contribution in [3.05, 3.63) is 108 Å². The topological polar surface area (TPSA) is 6.48 Å². The highest BCUT2D eigenvalue weighted by Crippen LogP contribution is 2.30. The molecule has 0 radical (unpaired) electrons. The van der Waals surface area contributed by atoms with Gasteiger partial charge in [0.05, 0.1) is 0 Å².